The second-order valence-corrected chi connectivity index (χ2v) is 3.00. The minimum Gasteiger partial charge on any atom is -0.211 e. The Morgan fingerprint density at radius 3 is 2.36 bits per heavy atom. The van der Waals surface area contributed by atoms with Gasteiger partial charge in [0.15, 0.2) is 0 Å². The van der Waals surface area contributed by atoms with E-state index in [0.29, 0.717) is 6.42 Å². The third-order valence-corrected chi connectivity index (χ3v) is 2.23. The van der Waals surface area contributed by atoms with Crippen LogP contribution in [0, 0.1) is 0 Å². The van der Waals surface area contributed by atoms with Gasteiger partial charge in [0.05, 0.1) is 0 Å². The number of nitrogens with zero attached hydrogens (tertiary/aromatic N) is 2. The summed E-state index contributed by atoms with van der Waals surface area (Å²) >= 11 is 1.20. The van der Waals surface area contributed by atoms with Crippen LogP contribution < -0.4 is 0 Å². The van der Waals surface area contributed by atoms with Crippen LogP contribution in [0.4, 0.5) is 0 Å². The number of hydrogen-bond donors (Lipinski definition) is 0. The fourth-order valence-corrected chi connectivity index (χ4v) is 1.50. The molecule has 11 heavy (non-hydrogen) atoms. The van der Waals surface area contributed by atoms with Crippen LogP contribution >= 0.6 is 11.8 Å². The van der Waals surface area contributed by atoms with Crippen LogP contribution in [0.15, 0.2) is 21.5 Å². The molecule has 1 aliphatic heterocycles. The minimum absolute atomic E-state index is 0.447. The van der Waals surface area contributed by atoms with Crippen molar-refractivity contribution in [3.63, 3.8) is 0 Å². The Morgan fingerprint density at radius 1 is 1.36 bits per heavy atom. The van der Waals surface area contributed by atoms with Crippen LogP contribution in [0.1, 0.15) is 6.42 Å². The van der Waals surface area contributed by atoms with Gasteiger partial charge in [0.1, 0.15) is 0 Å². The van der Waals surface area contributed by atoms with Crippen molar-refractivity contribution in [2.24, 2.45) is 9.98 Å². The highest BCUT2D eigenvalue weighted by Gasteiger charge is 2.31. The van der Waals surface area contributed by atoms with Crippen molar-refractivity contribution in [3.05, 3.63) is 11.5 Å². The van der Waals surface area contributed by atoms with Crippen molar-refractivity contribution in [3.8, 4) is 0 Å². The van der Waals surface area contributed by atoms with Gasteiger partial charge < -0.3 is 0 Å². The molecule has 0 saturated carbocycles. The monoisotopic (exact) mass is 168 g/mol. The van der Waals surface area contributed by atoms with Crippen LogP contribution in [0.5, 0.6) is 0 Å². The molecule has 0 aliphatic carbocycles. The Labute approximate surface area is 67.1 Å². The summed E-state index contributed by atoms with van der Waals surface area (Å²) in [4.78, 5) is 25.7. The van der Waals surface area contributed by atoms with E-state index in [1.165, 1.54) is 23.9 Å². The van der Waals surface area contributed by atoms with Gasteiger partial charge in [-0.2, -0.15) is 9.98 Å². The first-order valence-corrected chi connectivity index (χ1v) is 3.72. The van der Waals surface area contributed by atoms with Crippen molar-refractivity contribution in [2.75, 3.05) is 0 Å². The molecule has 1 aliphatic rings. The smallest absolute Gasteiger partial charge is 0.211 e. The van der Waals surface area contributed by atoms with Gasteiger partial charge in [-0.25, -0.2) is 9.59 Å². The van der Waals surface area contributed by atoms with E-state index in [9.17, 15) is 9.59 Å². The Hall–Kier alpha value is -1.15. The third-order valence-electron chi connectivity index (χ3n) is 1.18. The Bertz CT molecular complexity index is 246. The van der Waals surface area contributed by atoms with Gasteiger partial charge in [0, 0.05) is 6.42 Å². The summed E-state index contributed by atoms with van der Waals surface area (Å²) in [5, 5.41) is 1.74. The fourth-order valence-electron chi connectivity index (χ4n) is 0.718. The average molecular weight is 168 g/mol. The quantitative estimate of drug-likeness (QED) is 0.455. The van der Waals surface area contributed by atoms with E-state index in [-0.39, 0.29) is 0 Å². The van der Waals surface area contributed by atoms with Gasteiger partial charge in [0.25, 0.3) is 0 Å². The topological polar surface area (TPSA) is 58.9 Å². The molecule has 0 unspecified atom stereocenters. The molecule has 0 aromatic heterocycles. The number of carbonyl (C=O) groups excluding carboxylic acids is 2. The van der Waals surface area contributed by atoms with Crippen molar-refractivity contribution in [2.45, 2.75) is 11.4 Å². The second kappa shape index (κ2) is 3.30. The normalized spacial score (nSPS) is 27.3. The predicted octanol–water partition coefficient (Wildman–Crippen LogP) is 0.962. The van der Waals surface area contributed by atoms with Gasteiger partial charge in [-0.3, -0.25) is 0 Å². The summed E-state index contributed by atoms with van der Waals surface area (Å²) in [6.45, 7) is 0. The Balaban J connectivity index is 2.89. The molecule has 4 nitrogen and oxygen atoms in total. The molecule has 1 heterocycles. The first kappa shape index (κ1) is 7.95. The molecule has 0 aromatic rings. The van der Waals surface area contributed by atoms with Gasteiger partial charge in [-0.1, -0.05) is 17.8 Å². The lowest BCUT2D eigenvalue weighted by atomic mass is 10.3. The lowest BCUT2D eigenvalue weighted by molar-refractivity contribution is 0.543. The average Bonchev–Trinajstić information content (AvgIpc) is 2.39. The molecular weight excluding hydrogens is 164 g/mol. The van der Waals surface area contributed by atoms with Gasteiger partial charge in [0.2, 0.25) is 17.2 Å². The van der Waals surface area contributed by atoms with Crippen LogP contribution in [-0.4, -0.2) is 17.2 Å². The summed E-state index contributed by atoms with van der Waals surface area (Å²) in [6.07, 6.45) is 4.98. The van der Waals surface area contributed by atoms with E-state index in [1.54, 1.807) is 11.5 Å². The number of rotatable bonds is 2. The molecule has 5 heteroatoms. The Kier molecular flexibility index (Phi) is 2.39. The molecule has 0 amide bonds. The molecule has 0 aromatic carbocycles. The van der Waals surface area contributed by atoms with E-state index in [0.717, 1.165) is 0 Å². The lowest BCUT2D eigenvalue weighted by Crippen LogP contribution is -2.13. The molecule has 1 rings (SSSR count). The number of aliphatic imine (C=N–C) groups is 2. The van der Waals surface area contributed by atoms with E-state index >= 15 is 0 Å². The van der Waals surface area contributed by atoms with Crippen molar-refractivity contribution < 1.29 is 9.59 Å². The summed E-state index contributed by atoms with van der Waals surface area (Å²) in [5.74, 6) is 0. The molecular formula is C6H4N2O2S. The molecule has 0 fully saturated rings. The zero-order valence-electron chi connectivity index (χ0n) is 5.48. The van der Waals surface area contributed by atoms with Gasteiger partial charge in [-0.05, 0) is 5.41 Å². The predicted molar refractivity (Wildman–Crippen MR) is 40.3 cm³/mol. The molecule has 0 radical (unpaired) electrons. The van der Waals surface area contributed by atoms with Gasteiger partial charge >= 0.3 is 0 Å². The standard InChI is InChI=1S/C6H4N2O2S/c9-4-7-6(8-5-10)2-1-3-11-6/h1,3H,2H2. The largest absolute Gasteiger partial charge is 0.238 e. The van der Waals surface area contributed by atoms with Crippen molar-refractivity contribution in [1.82, 2.24) is 0 Å². The highest BCUT2D eigenvalue weighted by atomic mass is 32.2. The molecule has 0 saturated heterocycles. The minimum atomic E-state index is -0.997. The van der Waals surface area contributed by atoms with Crippen LogP contribution in [0.25, 0.3) is 0 Å². The van der Waals surface area contributed by atoms with E-state index in [4.69, 9.17) is 0 Å². The zero-order chi connectivity index (χ0) is 8.16. The first-order chi connectivity index (χ1) is 5.33. The maximum atomic E-state index is 9.92. The zero-order valence-corrected chi connectivity index (χ0v) is 6.30. The SMILES string of the molecule is O=C=NC1(N=C=O)CC=CS1. The van der Waals surface area contributed by atoms with Crippen LogP contribution in [0.2, 0.25) is 0 Å². The highest BCUT2D eigenvalue weighted by molar-refractivity contribution is 8.03. The van der Waals surface area contributed by atoms with Gasteiger partial charge in [-0.15, -0.1) is 0 Å². The summed E-state index contributed by atoms with van der Waals surface area (Å²) in [5.41, 5.74) is 0. The summed E-state index contributed by atoms with van der Waals surface area (Å²) in [6, 6.07) is 0. The molecule has 0 N–H and O–H groups in total. The van der Waals surface area contributed by atoms with Crippen molar-refractivity contribution >= 4 is 23.9 Å². The number of isocyanates is 2. The third kappa shape index (κ3) is 1.65. The molecule has 0 spiro atoms. The maximum Gasteiger partial charge on any atom is 0.238 e. The van der Waals surface area contributed by atoms with Crippen LogP contribution in [-0.2, 0) is 9.59 Å². The van der Waals surface area contributed by atoms with E-state index < -0.39 is 4.99 Å². The lowest BCUT2D eigenvalue weighted by Gasteiger charge is -2.11. The second-order valence-electron chi connectivity index (χ2n) is 1.84. The maximum absolute atomic E-state index is 9.92. The molecule has 0 bridgehead atoms. The highest BCUT2D eigenvalue weighted by Crippen LogP contribution is 2.38. The van der Waals surface area contributed by atoms with Crippen LogP contribution in [0.3, 0.4) is 0 Å². The van der Waals surface area contributed by atoms with E-state index in [1.807, 2.05) is 0 Å². The number of hydrogen-bond acceptors (Lipinski definition) is 5. The van der Waals surface area contributed by atoms with E-state index in [2.05, 4.69) is 9.98 Å². The summed E-state index contributed by atoms with van der Waals surface area (Å²) < 4.78 is 0. The Morgan fingerprint density at radius 2 is 2.00 bits per heavy atom. The molecule has 0 atom stereocenters. The molecule has 56 valence electrons. The van der Waals surface area contributed by atoms with Crippen molar-refractivity contribution in [1.29, 1.82) is 0 Å². The summed E-state index contributed by atoms with van der Waals surface area (Å²) in [7, 11) is 0. The number of thioether (sulfide) groups is 1. The fraction of sp³-hybridized carbons (Fsp3) is 0.333. The first-order valence-electron chi connectivity index (χ1n) is 2.84.